The number of methoxy groups -OCH3 is 1. The Morgan fingerprint density at radius 3 is 2.91 bits per heavy atom. The van der Waals surface area contributed by atoms with Gasteiger partial charge in [-0.25, -0.2) is 9.18 Å². The lowest BCUT2D eigenvalue weighted by Gasteiger charge is -2.28. The molecular weight excluding hydrogens is 301 g/mol. The van der Waals surface area contributed by atoms with Crippen LogP contribution in [-0.2, 0) is 17.8 Å². The molecule has 2 amide bonds. The van der Waals surface area contributed by atoms with Gasteiger partial charge in [-0.3, -0.25) is 0 Å². The first kappa shape index (κ1) is 15.4. The lowest BCUT2D eigenvalue weighted by molar-refractivity contribution is 0.100. The van der Waals surface area contributed by atoms with E-state index in [4.69, 9.17) is 4.74 Å². The van der Waals surface area contributed by atoms with Gasteiger partial charge in [0.1, 0.15) is 12.1 Å². The molecule has 1 atom stereocenters. The van der Waals surface area contributed by atoms with Crippen LogP contribution in [0.3, 0.4) is 0 Å². The smallest absolute Gasteiger partial charge is 0.317 e. The molecule has 8 heteroatoms. The Bertz CT molecular complexity index is 673. The molecule has 122 valence electrons. The zero-order chi connectivity index (χ0) is 16.2. The Morgan fingerprint density at radius 1 is 1.39 bits per heavy atom. The van der Waals surface area contributed by atoms with Gasteiger partial charge in [0, 0.05) is 26.7 Å². The van der Waals surface area contributed by atoms with Crippen molar-refractivity contribution in [1.82, 2.24) is 25.0 Å². The van der Waals surface area contributed by atoms with E-state index in [1.54, 1.807) is 30.5 Å². The Kier molecular flexibility index (Phi) is 4.52. The van der Waals surface area contributed by atoms with E-state index in [0.29, 0.717) is 26.2 Å². The Balaban J connectivity index is 1.56. The summed E-state index contributed by atoms with van der Waals surface area (Å²) in [6.45, 7) is 2.02. The van der Waals surface area contributed by atoms with Crippen LogP contribution in [0.4, 0.5) is 9.18 Å². The second-order valence-corrected chi connectivity index (χ2v) is 5.32. The van der Waals surface area contributed by atoms with Gasteiger partial charge in [-0.05, 0) is 17.7 Å². The van der Waals surface area contributed by atoms with E-state index in [-0.39, 0.29) is 18.0 Å². The zero-order valence-electron chi connectivity index (χ0n) is 12.8. The predicted molar refractivity (Wildman–Crippen MR) is 80.0 cm³/mol. The third-order valence-electron chi connectivity index (χ3n) is 3.89. The molecule has 3 rings (SSSR count). The van der Waals surface area contributed by atoms with Crippen molar-refractivity contribution >= 4 is 6.03 Å². The van der Waals surface area contributed by atoms with Gasteiger partial charge in [0.25, 0.3) is 0 Å². The highest BCUT2D eigenvalue weighted by Crippen LogP contribution is 2.16. The molecular formula is C15H18FN5O2. The lowest BCUT2D eigenvalue weighted by Crippen LogP contribution is -2.45. The number of aromatic nitrogens is 3. The number of urea groups is 1. The van der Waals surface area contributed by atoms with Crippen LogP contribution >= 0.6 is 0 Å². The summed E-state index contributed by atoms with van der Waals surface area (Å²) in [5.74, 6) is 0.471. The Labute approximate surface area is 133 Å². The molecule has 1 aromatic heterocycles. The molecule has 1 N–H and O–H groups in total. The number of hydrogen-bond donors (Lipinski definition) is 1. The number of halogens is 1. The van der Waals surface area contributed by atoms with Gasteiger partial charge in [0.2, 0.25) is 0 Å². The molecule has 1 aromatic carbocycles. The summed E-state index contributed by atoms with van der Waals surface area (Å²) < 4.78 is 20.3. The lowest BCUT2D eigenvalue weighted by atomic mass is 10.1. The average Bonchev–Trinajstić information content (AvgIpc) is 3.04. The molecule has 1 unspecified atom stereocenters. The summed E-state index contributed by atoms with van der Waals surface area (Å²) in [4.78, 5) is 14.0. The van der Waals surface area contributed by atoms with Crippen molar-refractivity contribution in [3.8, 4) is 0 Å². The summed E-state index contributed by atoms with van der Waals surface area (Å²) in [5, 5.41) is 10.7. The summed E-state index contributed by atoms with van der Waals surface area (Å²) in [6, 6.07) is 5.88. The van der Waals surface area contributed by atoms with E-state index < -0.39 is 0 Å². The molecule has 23 heavy (non-hydrogen) atoms. The number of carbonyl (C=O) groups is 1. The van der Waals surface area contributed by atoms with Gasteiger partial charge in [-0.2, -0.15) is 0 Å². The first-order valence-electron chi connectivity index (χ1n) is 7.35. The molecule has 0 aliphatic carbocycles. The number of carbonyl (C=O) groups excluding carboxylic acids is 1. The second-order valence-electron chi connectivity index (χ2n) is 5.32. The van der Waals surface area contributed by atoms with Crippen molar-refractivity contribution in [2.45, 2.75) is 19.2 Å². The van der Waals surface area contributed by atoms with Gasteiger partial charge < -0.3 is 19.5 Å². The summed E-state index contributed by atoms with van der Waals surface area (Å²) in [6.07, 6.45) is 1.34. The number of fused-ring (bicyclic) bond motifs is 1. The molecule has 0 bridgehead atoms. The standard InChI is InChI=1S/C15H18FN5O2/c1-23-13(11-2-4-12(16)5-3-11)8-17-15(22)20-6-7-21-10-18-19-14(21)9-20/h2-5,10,13H,6-9H2,1H3,(H,17,22). The zero-order valence-corrected chi connectivity index (χ0v) is 12.8. The van der Waals surface area contributed by atoms with E-state index in [9.17, 15) is 9.18 Å². The van der Waals surface area contributed by atoms with E-state index >= 15 is 0 Å². The number of rotatable bonds is 4. The third-order valence-corrected chi connectivity index (χ3v) is 3.89. The number of benzene rings is 1. The van der Waals surface area contributed by atoms with Crippen molar-refractivity contribution < 1.29 is 13.9 Å². The van der Waals surface area contributed by atoms with E-state index in [2.05, 4.69) is 15.5 Å². The molecule has 1 aliphatic rings. The van der Waals surface area contributed by atoms with Gasteiger partial charge in [-0.15, -0.1) is 10.2 Å². The summed E-state index contributed by atoms with van der Waals surface area (Å²) >= 11 is 0. The quantitative estimate of drug-likeness (QED) is 0.923. The molecule has 0 saturated carbocycles. The molecule has 0 radical (unpaired) electrons. The van der Waals surface area contributed by atoms with Crippen LogP contribution in [0.15, 0.2) is 30.6 Å². The highest BCUT2D eigenvalue weighted by molar-refractivity contribution is 5.74. The van der Waals surface area contributed by atoms with Crippen LogP contribution in [0.25, 0.3) is 0 Å². The third kappa shape index (κ3) is 3.48. The second kappa shape index (κ2) is 6.74. The van der Waals surface area contributed by atoms with Crippen LogP contribution in [0.2, 0.25) is 0 Å². The maximum Gasteiger partial charge on any atom is 0.317 e. The van der Waals surface area contributed by atoms with E-state index in [1.165, 1.54) is 12.1 Å². The van der Waals surface area contributed by atoms with Crippen molar-refractivity contribution in [1.29, 1.82) is 0 Å². The molecule has 1 aliphatic heterocycles. The topological polar surface area (TPSA) is 72.3 Å². The summed E-state index contributed by atoms with van der Waals surface area (Å²) in [5.41, 5.74) is 0.813. The first-order valence-corrected chi connectivity index (χ1v) is 7.35. The SMILES string of the molecule is COC(CNC(=O)N1CCn2cnnc2C1)c1ccc(F)cc1. The number of hydrogen-bond acceptors (Lipinski definition) is 4. The fourth-order valence-electron chi connectivity index (χ4n) is 2.55. The molecule has 2 heterocycles. The van der Waals surface area contributed by atoms with Gasteiger partial charge in [-0.1, -0.05) is 12.1 Å². The maximum absolute atomic E-state index is 13.0. The largest absolute Gasteiger partial charge is 0.375 e. The van der Waals surface area contributed by atoms with Gasteiger partial charge in [0.05, 0.1) is 12.6 Å². The van der Waals surface area contributed by atoms with Crippen LogP contribution in [0, 0.1) is 5.82 Å². The van der Waals surface area contributed by atoms with Gasteiger partial charge in [0.15, 0.2) is 5.82 Å². The average molecular weight is 319 g/mol. The summed E-state index contributed by atoms with van der Waals surface area (Å²) in [7, 11) is 1.56. The molecule has 7 nitrogen and oxygen atoms in total. The Hall–Kier alpha value is -2.48. The van der Waals surface area contributed by atoms with Crippen LogP contribution in [0.5, 0.6) is 0 Å². The van der Waals surface area contributed by atoms with Crippen molar-refractivity contribution in [2.75, 3.05) is 20.2 Å². The minimum atomic E-state index is -0.326. The predicted octanol–water partition coefficient (Wildman–Crippen LogP) is 1.33. The van der Waals surface area contributed by atoms with Crippen LogP contribution < -0.4 is 5.32 Å². The normalized spacial score (nSPS) is 15.1. The monoisotopic (exact) mass is 319 g/mol. The number of nitrogens with zero attached hydrogens (tertiary/aromatic N) is 4. The van der Waals surface area contributed by atoms with Crippen molar-refractivity contribution in [3.05, 3.63) is 47.8 Å². The van der Waals surface area contributed by atoms with Crippen LogP contribution in [0.1, 0.15) is 17.5 Å². The highest BCUT2D eigenvalue weighted by Gasteiger charge is 2.22. The molecule has 2 aromatic rings. The fraction of sp³-hybridized carbons (Fsp3) is 0.400. The van der Waals surface area contributed by atoms with E-state index in [0.717, 1.165) is 11.4 Å². The van der Waals surface area contributed by atoms with Crippen molar-refractivity contribution in [2.24, 2.45) is 0 Å². The minimum Gasteiger partial charge on any atom is -0.375 e. The minimum absolute atomic E-state index is 0.177. The number of nitrogens with one attached hydrogen (secondary N) is 1. The molecule has 0 spiro atoms. The van der Waals surface area contributed by atoms with Gasteiger partial charge >= 0.3 is 6.03 Å². The number of ether oxygens (including phenoxy) is 1. The van der Waals surface area contributed by atoms with Crippen LogP contribution in [-0.4, -0.2) is 45.9 Å². The van der Waals surface area contributed by atoms with Crippen molar-refractivity contribution in [3.63, 3.8) is 0 Å². The first-order chi connectivity index (χ1) is 11.2. The highest BCUT2D eigenvalue weighted by atomic mass is 19.1. The molecule has 0 saturated heterocycles. The maximum atomic E-state index is 13.0. The number of amides is 2. The fourth-order valence-corrected chi connectivity index (χ4v) is 2.55. The Morgan fingerprint density at radius 2 is 2.17 bits per heavy atom. The van der Waals surface area contributed by atoms with E-state index in [1.807, 2.05) is 4.57 Å². The molecule has 0 fully saturated rings.